The summed E-state index contributed by atoms with van der Waals surface area (Å²) < 4.78 is 13.5. The topological polar surface area (TPSA) is 78.3 Å². The lowest BCUT2D eigenvalue weighted by atomic mass is 9.95. The highest BCUT2D eigenvalue weighted by atomic mass is 32.2. The molecule has 37 heavy (non-hydrogen) atoms. The minimum Gasteiger partial charge on any atom is -0.489 e. The summed E-state index contributed by atoms with van der Waals surface area (Å²) in [4.78, 5) is 17.9. The van der Waals surface area contributed by atoms with Gasteiger partial charge in [-0.25, -0.2) is 9.48 Å². The van der Waals surface area contributed by atoms with Gasteiger partial charge in [-0.1, -0.05) is 43.0 Å². The number of aryl methyl sites for hydroxylation is 3. The van der Waals surface area contributed by atoms with Gasteiger partial charge >= 0.3 is 5.97 Å². The van der Waals surface area contributed by atoms with Crippen molar-refractivity contribution in [2.24, 2.45) is 0 Å². The van der Waals surface area contributed by atoms with Gasteiger partial charge in [-0.05, 0) is 87.9 Å². The molecule has 1 N–H and O–H groups in total. The van der Waals surface area contributed by atoms with Crippen LogP contribution in [0.4, 0.5) is 5.95 Å². The van der Waals surface area contributed by atoms with E-state index in [2.05, 4.69) is 50.1 Å². The third-order valence-electron chi connectivity index (χ3n) is 6.37. The number of nitrogens with one attached hydrogen (secondary N) is 1. The molecule has 0 fully saturated rings. The number of benzene rings is 2. The number of esters is 1. The van der Waals surface area contributed by atoms with Gasteiger partial charge in [0.05, 0.1) is 11.7 Å². The largest absolute Gasteiger partial charge is 0.489 e. The van der Waals surface area contributed by atoms with Gasteiger partial charge in [0.2, 0.25) is 11.1 Å². The van der Waals surface area contributed by atoms with E-state index in [0.717, 1.165) is 23.5 Å². The van der Waals surface area contributed by atoms with Gasteiger partial charge in [0.25, 0.3) is 0 Å². The summed E-state index contributed by atoms with van der Waals surface area (Å²) in [7, 11) is 0. The van der Waals surface area contributed by atoms with Crippen LogP contribution in [-0.4, -0.2) is 32.6 Å². The monoisotopic (exact) mass is 520 g/mol. The molecule has 0 aliphatic carbocycles. The van der Waals surface area contributed by atoms with Crippen LogP contribution in [0.15, 0.2) is 52.8 Å². The molecule has 0 amide bonds. The predicted molar refractivity (Wildman–Crippen MR) is 148 cm³/mol. The van der Waals surface area contributed by atoms with Gasteiger partial charge in [-0.3, -0.25) is 0 Å². The minimum atomic E-state index is -0.456. The Bertz CT molecular complexity index is 1310. The molecule has 196 valence electrons. The average Bonchev–Trinajstić information content (AvgIpc) is 3.25. The van der Waals surface area contributed by atoms with Crippen molar-refractivity contribution in [3.63, 3.8) is 0 Å². The van der Waals surface area contributed by atoms with E-state index in [1.54, 1.807) is 16.4 Å². The number of carbonyl (C=O) groups is 1. The number of nitrogens with zero attached hydrogens (tertiary/aromatic N) is 3. The second-order valence-electron chi connectivity index (χ2n) is 9.75. The van der Waals surface area contributed by atoms with Crippen LogP contribution < -0.4 is 10.1 Å². The van der Waals surface area contributed by atoms with E-state index in [-0.39, 0.29) is 12.1 Å². The maximum Gasteiger partial charge on any atom is 0.338 e. The van der Waals surface area contributed by atoms with Crippen molar-refractivity contribution in [2.75, 3.05) is 11.1 Å². The number of rotatable bonds is 9. The highest BCUT2D eigenvalue weighted by molar-refractivity contribution is 7.99. The number of hydrogen-bond donors (Lipinski definition) is 1. The molecule has 2 heterocycles. The molecule has 0 bridgehead atoms. The zero-order valence-corrected chi connectivity index (χ0v) is 23.5. The maximum atomic E-state index is 13.2. The summed E-state index contributed by atoms with van der Waals surface area (Å²) in [6.07, 6.45) is 0.795. The van der Waals surface area contributed by atoms with Crippen LogP contribution in [0.1, 0.15) is 68.0 Å². The van der Waals surface area contributed by atoms with Crippen LogP contribution in [0.5, 0.6) is 5.75 Å². The molecule has 0 saturated carbocycles. The first-order valence-corrected chi connectivity index (χ1v) is 13.7. The second-order valence-corrected chi connectivity index (χ2v) is 10.8. The van der Waals surface area contributed by atoms with Crippen LogP contribution in [0.3, 0.4) is 0 Å². The number of carbonyl (C=O) groups excluding carboxylic acids is 1. The van der Waals surface area contributed by atoms with Crippen molar-refractivity contribution in [3.05, 3.63) is 75.5 Å². The Morgan fingerprint density at radius 1 is 1.08 bits per heavy atom. The van der Waals surface area contributed by atoms with E-state index >= 15 is 0 Å². The molecule has 1 unspecified atom stereocenters. The molecular weight excluding hydrogens is 484 g/mol. The molecule has 1 atom stereocenters. The summed E-state index contributed by atoms with van der Waals surface area (Å²) in [6.45, 7) is 14.6. The number of thioether (sulfide) groups is 1. The Morgan fingerprint density at radius 3 is 2.46 bits per heavy atom. The molecule has 2 aromatic carbocycles. The quantitative estimate of drug-likeness (QED) is 0.254. The summed E-state index contributed by atoms with van der Waals surface area (Å²) in [6, 6.07) is 11.8. The van der Waals surface area contributed by atoms with E-state index < -0.39 is 6.04 Å². The van der Waals surface area contributed by atoms with E-state index in [4.69, 9.17) is 14.6 Å². The van der Waals surface area contributed by atoms with E-state index in [1.807, 2.05) is 45.0 Å². The third-order valence-corrected chi connectivity index (χ3v) is 7.42. The minimum absolute atomic E-state index is 0.231. The lowest BCUT2D eigenvalue weighted by molar-refractivity contribution is -0.143. The summed E-state index contributed by atoms with van der Waals surface area (Å²) >= 11 is 1.60. The lowest BCUT2D eigenvalue weighted by Gasteiger charge is -2.28. The van der Waals surface area contributed by atoms with Crippen LogP contribution >= 0.6 is 11.8 Å². The van der Waals surface area contributed by atoms with Gasteiger partial charge in [0.1, 0.15) is 18.4 Å². The van der Waals surface area contributed by atoms with Gasteiger partial charge in [-0.2, -0.15) is 4.98 Å². The standard InChI is InChI=1S/C29H36N4O3S/c1-8-13-37-29-31-28-30-21(7)25(27(34)36-17(2)3)26(33(28)32-29)22-9-11-24(12-10-22)35-16-23-15-19(5)18(4)14-20(23)6/h9-12,14-15,17,26H,8,13,16H2,1-7H3,(H,30,31,32). The first kappa shape index (κ1) is 26.8. The van der Waals surface area contributed by atoms with Crippen LogP contribution in [0.25, 0.3) is 0 Å². The summed E-state index contributed by atoms with van der Waals surface area (Å²) in [5.41, 5.74) is 7.08. The Morgan fingerprint density at radius 2 is 1.78 bits per heavy atom. The Labute approximate surface area is 223 Å². The van der Waals surface area contributed by atoms with Gasteiger partial charge in [-0.15, -0.1) is 5.10 Å². The maximum absolute atomic E-state index is 13.2. The fraction of sp³-hybridized carbons (Fsp3) is 0.414. The van der Waals surface area contributed by atoms with Gasteiger partial charge in [0.15, 0.2) is 0 Å². The third kappa shape index (κ3) is 6.01. The number of fused-ring (bicyclic) bond motifs is 1. The van der Waals surface area contributed by atoms with Crippen LogP contribution in [-0.2, 0) is 16.1 Å². The molecule has 1 aliphatic rings. The predicted octanol–water partition coefficient (Wildman–Crippen LogP) is 6.52. The number of hydrogen-bond acceptors (Lipinski definition) is 7. The number of allylic oxidation sites excluding steroid dienone is 1. The molecule has 4 rings (SSSR count). The zero-order chi connectivity index (χ0) is 26.7. The summed E-state index contributed by atoms with van der Waals surface area (Å²) in [5.74, 6) is 1.95. The fourth-order valence-electron chi connectivity index (χ4n) is 4.32. The molecule has 1 aromatic heterocycles. The molecule has 1 aliphatic heterocycles. The molecule has 8 heteroatoms. The van der Waals surface area contributed by atoms with Crippen molar-refractivity contribution < 1.29 is 14.3 Å². The lowest BCUT2D eigenvalue weighted by Crippen LogP contribution is -2.30. The van der Waals surface area contributed by atoms with E-state index in [9.17, 15) is 4.79 Å². The first-order valence-electron chi connectivity index (χ1n) is 12.8. The van der Waals surface area contributed by atoms with Crippen molar-refractivity contribution in [3.8, 4) is 5.75 Å². The molecule has 0 spiro atoms. The van der Waals surface area contributed by atoms with Crippen LogP contribution in [0, 0.1) is 20.8 Å². The van der Waals surface area contributed by atoms with E-state index in [0.29, 0.717) is 29.0 Å². The van der Waals surface area contributed by atoms with E-state index in [1.165, 1.54) is 22.3 Å². The zero-order valence-electron chi connectivity index (χ0n) is 22.7. The second kappa shape index (κ2) is 11.4. The number of ether oxygens (including phenoxy) is 2. The first-order chi connectivity index (χ1) is 17.7. The summed E-state index contributed by atoms with van der Waals surface area (Å²) in [5, 5.41) is 8.69. The highest BCUT2D eigenvalue weighted by Crippen LogP contribution is 2.37. The normalized spacial score (nSPS) is 15.0. The fourth-order valence-corrected chi connectivity index (χ4v) is 5.00. The Hall–Kier alpha value is -3.26. The van der Waals surface area contributed by atoms with Crippen molar-refractivity contribution in [2.45, 2.75) is 78.8 Å². The number of aromatic nitrogens is 3. The van der Waals surface area contributed by atoms with Gasteiger partial charge < -0.3 is 14.8 Å². The average molecular weight is 521 g/mol. The Balaban J connectivity index is 1.63. The smallest absolute Gasteiger partial charge is 0.338 e. The van der Waals surface area contributed by atoms with Gasteiger partial charge in [0, 0.05) is 11.4 Å². The molecule has 0 saturated heterocycles. The van der Waals surface area contributed by atoms with Crippen molar-refractivity contribution in [1.29, 1.82) is 0 Å². The highest BCUT2D eigenvalue weighted by Gasteiger charge is 2.35. The van der Waals surface area contributed by atoms with Crippen molar-refractivity contribution >= 4 is 23.7 Å². The Kier molecular flexibility index (Phi) is 8.27. The van der Waals surface area contributed by atoms with Crippen molar-refractivity contribution in [1.82, 2.24) is 14.8 Å². The molecule has 7 nitrogen and oxygen atoms in total. The molecule has 0 radical (unpaired) electrons. The van der Waals surface area contributed by atoms with Crippen LogP contribution in [0.2, 0.25) is 0 Å². The SMILES string of the molecule is CCCSc1nc2n(n1)C(c1ccc(OCc3cc(C)c(C)cc3C)cc1)C(C(=O)OC(C)C)=C(C)N2. The molecule has 3 aromatic rings. The molecular formula is C29H36N4O3S. The number of anilines is 1.